The van der Waals surface area contributed by atoms with E-state index < -0.39 is 0 Å². The molecule has 1 nitrogen and oxygen atoms in total. The predicted octanol–water partition coefficient (Wildman–Crippen LogP) is 6.23. The van der Waals surface area contributed by atoms with Crippen molar-refractivity contribution in [1.29, 1.82) is 0 Å². The Morgan fingerprint density at radius 1 is 1.00 bits per heavy atom. The van der Waals surface area contributed by atoms with Crippen LogP contribution < -0.4 is 4.57 Å². The molecule has 1 aromatic carbocycles. The van der Waals surface area contributed by atoms with Gasteiger partial charge in [0.1, 0.15) is 0 Å². The highest BCUT2D eigenvalue weighted by atomic mass is 15.1. The van der Waals surface area contributed by atoms with Gasteiger partial charge in [-0.2, -0.15) is 4.57 Å². The van der Waals surface area contributed by atoms with Crippen molar-refractivity contribution in [3.8, 4) is 0 Å². The van der Waals surface area contributed by atoms with Crippen molar-refractivity contribution < 1.29 is 4.57 Å². The minimum absolute atomic E-state index is 0.115. The maximum Gasteiger partial charge on any atom is 0.213 e. The lowest BCUT2D eigenvalue weighted by Crippen LogP contribution is -2.66. The predicted molar refractivity (Wildman–Crippen MR) is 114 cm³/mol. The van der Waals surface area contributed by atoms with Crippen LogP contribution >= 0.6 is 0 Å². The molecule has 2 atom stereocenters. The van der Waals surface area contributed by atoms with Gasteiger partial charge in [-0.15, -0.1) is 0 Å². The smallest absolute Gasteiger partial charge is 0.192 e. The molecule has 4 rings (SSSR count). The fourth-order valence-electron chi connectivity index (χ4n) is 5.60. The van der Waals surface area contributed by atoms with Crippen molar-refractivity contribution in [3.05, 3.63) is 70.6 Å². The van der Waals surface area contributed by atoms with Crippen molar-refractivity contribution in [2.75, 3.05) is 0 Å². The van der Waals surface area contributed by atoms with Gasteiger partial charge in [0.2, 0.25) is 5.69 Å². The van der Waals surface area contributed by atoms with Gasteiger partial charge in [-0.25, -0.2) is 0 Å². The number of unbranched alkanes of at least 4 members (excludes halogenated alkanes) is 1. The van der Waals surface area contributed by atoms with Gasteiger partial charge in [-0.3, -0.25) is 0 Å². The number of pyridine rings is 1. The van der Waals surface area contributed by atoms with E-state index in [1.807, 2.05) is 0 Å². The molecule has 1 heteroatoms. The molecule has 1 aromatic heterocycles. The standard InChI is InChI=1S/C26H34N/c1-6-9-12-19-14-15-21-20(17-19)18-22-24(21)23-13-10-11-16-27(23)26(5,8-3)25(22,4)7-2/h10-11,13-17H,6-9,12,18H2,1-5H3/q+1. The highest BCUT2D eigenvalue weighted by Gasteiger charge is 2.58. The van der Waals surface area contributed by atoms with E-state index in [2.05, 4.69) is 81.8 Å². The number of aromatic nitrogens is 1. The van der Waals surface area contributed by atoms with Crippen LogP contribution in [-0.4, -0.2) is 0 Å². The van der Waals surface area contributed by atoms with Gasteiger partial charge in [0.25, 0.3) is 0 Å². The fraction of sp³-hybridized carbons (Fsp3) is 0.500. The third kappa shape index (κ3) is 2.47. The van der Waals surface area contributed by atoms with E-state index in [4.69, 9.17) is 0 Å². The van der Waals surface area contributed by atoms with E-state index in [0.29, 0.717) is 0 Å². The van der Waals surface area contributed by atoms with Crippen LogP contribution in [-0.2, 0) is 18.4 Å². The summed E-state index contributed by atoms with van der Waals surface area (Å²) in [6, 6.07) is 14.0. The third-order valence-corrected chi connectivity index (χ3v) is 7.83. The van der Waals surface area contributed by atoms with Gasteiger partial charge in [-0.1, -0.05) is 45.4 Å². The van der Waals surface area contributed by atoms with Crippen LogP contribution in [0.2, 0.25) is 0 Å². The molecule has 2 aliphatic rings. The highest BCUT2D eigenvalue weighted by molar-refractivity contribution is 5.86. The van der Waals surface area contributed by atoms with Gasteiger partial charge in [-0.05, 0) is 60.9 Å². The fourth-order valence-corrected chi connectivity index (χ4v) is 5.60. The van der Waals surface area contributed by atoms with Crippen molar-refractivity contribution in [2.24, 2.45) is 5.41 Å². The highest BCUT2D eigenvalue weighted by Crippen LogP contribution is 2.55. The number of rotatable bonds is 5. The Balaban J connectivity index is 1.91. The number of hydrogen-bond acceptors (Lipinski definition) is 0. The minimum atomic E-state index is 0.115. The largest absolute Gasteiger partial charge is 0.213 e. The molecule has 0 saturated heterocycles. The summed E-state index contributed by atoms with van der Waals surface area (Å²) in [5.41, 5.74) is 9.41. The Morgan fingerprint density at radius 3 is 2.52 bits per heavy atom. The lowest BCUT2D eigenvalue weighted by molar-refractivity contribution is -0.779. The quantitative estimate of drug-likeness (QED) is 0.556. The van der Waals surface area contributed by atoms with E-state index in [1.165, 1.54) is 48.1 Å². The molecule has 2 heterocycles. The van der Waals surface area contributed by atoms with E-state index in [0.717, 1.165) is 12.8 Å². The number of aryl methyl sites for hydroxylation is 1. The van der Waals surface area contributed by atoms with Crippen LogP contribution in [0.25, 0.3) is 5.57 Å². The summed E-state index contributed by atoms with van der Waals surface area (Å²) in [6.07, 6.45) is 9.51. The van der Waals surface area contributed by atoms with E-state index >= 15 is 0 Å². The Labute approximate surface area is 165 Å². The summed E-state index contributed by atoms with van der Waals surface area (Å²) in [7, 11) is 0. The lowest BCUT2D eigenvalue weighted by atomic mass is 9.60. The van der Waals surface area contributed by atoms with Crippen LogP contribution in [0.4, 0.5) is 0 Å². The first-order valence-corrected chi connectivity index (χ1v) is 10.9. The zero-order valence-electron chi connectivity index (χ0n) is 17.7. The van der Waals surface area contributed by atoms with E-state index in [9.17, 15) is 0 Å². The van der Waals surface area contributed by atoms with E-state index in [1.54, 1.807) is 11.1 Å². The molecule has 142 valence electrons. The molecule has 0 bridgehead atoms. The van der Waals surface area contributed by atoms with Gasteiger partial charge in [0.15, 0.2) is 11.7 Å². The summed E-state index contributed by atoms with van der Waals surface area (Å²) >= 11 is 0. The van der Waals surface area contributed by atoms with Gasteiger partial charge in [0, 0.05) is 25.5 Å². The Hall–Kier alpha value is -1.89. The molecule has 27 heavy (non-hydrogen) atoms. The maximum absolute atomic E-state index is 2.58. The summed E-state index contributed by atoms with van der Waals surface area (Å²) in [4.78, 5) is 0. The molecule has 1 aliphatic carbocycles. The first-order valence-electron chi connectivity index (χ1n) is 10.9. The summed E-state index contributed by atoms with van der Waals surface area (Å²) in [6.45, 7) is 12.0. The average molecular weight is 361 g/mol. The number of nitrogens with zero attached hydrogens (tertiary/aromatic N) is 1. The molecular weight excluding hydrogens is 326 g/mol. The van der Waals surface area contributed by atoms with Gasteiger partial charge >= 0.3 is 0 Å². The average Bonchev–Trinajstić information content (AvgIpc) is 3.09. The molecule has 2 aromatic rings. The van der Waals surface area contributed by atoms with Crippen LogP contribution in [0.1, 0.15) is 82.7 Å². The SMILES string of the molecule is CCCCc1ccc2c(c1)CC1=C2c2cccc[n+]2C(C)(CC)C1(C)CC. The van der Waals surface area contributed by atoms with Crippen LogP contribution in [0.3, 0.4) is 0 Å². The molecule has 2 unspecified atom stereocenters. The number of fused-ring (bicyclic) bond motifs is 4. The van der Waals surface area contributed by atoms with Crippen LogP contribution in [0, 0.1) is 5.41 Å². The molecule has 0 fully saturated rings. The molecule has 0 radical (unpaired) electrons. The zero-order chi connectivity index (χ0) is 19.2. The van der Waals surface area contributed by atoms with Crippen molar-refractivity contribution in [2.45, 2.75) is 78.7 Å². The Kier molecular flexibility index (Phi) is 4.53. The third-order valence-electron chi connectivity index (χ3n) is 7.83. The van der Waals surface area contributed by atoms with Gasteiger partial charge in [0.05, 0.1) is 11.0 Å². The molecule has 1 aliphatic heterocycles. The van der Waals surface area contributed by atoms with Crippen LogP contribution in [0.5, 0.6) is 0 Å². The first kappa shape index (κ1) is 18.5. The second-order valence-corrected chi connectivity index (χ2v) is 8.89. The molecule has 0 N–H and O–H groups in total. The Bertz CT molecular complexity index is 906. The van der Waals surface area contributed by atoms with Gasteiger partial charge < -0.3 is 0 Å². The topological polar surface area (TPSA) is 3.88 Å². The summed E-state index contributed by atoms with van der Waals surface area (Å²) in [5, 5.41) is 0. The van der Waals surface area contributed by atoms with Crippen molar-refractivity contribution in [1.82, 2.24) is 0 Å². The first-order chi connectivity index (χ1) is 13.0. The maximum atomic E-state index is 2.58. The minimum Gasteiger partial charge on any atom is -0.192 e. The molecule has 0 spiro atoms. The molecular formula is C26H34N+. The number of hydrogen-bond donors (Lipinski definition) is 0. The second kappa shape index (κ2) is 6.62. The lowest BCUT2D eigenvalue weighted by Gasteiger charge is -2.46. The summed E-state index contributed by atoms with van der Waals surface area (Å²) < 4.78 is 2.58. The van der Waals surface area contributed by atoms with Crippen LogP contribution in [0.15, 0.2) is 48.2 Å². The Morgan fingerprint density at radius 2 is 1.81 bits per heavy atom. The van der Waals surface area contributed by atoms with E-state index in [-0.39, 0.29) is 11.0 Å². The normalized spacial score (nSPS) is 26.0. The van der Waals surface area contributed by atoms with Crippen molar-refractivity contribution in [3.63, 3.8) is 0 Å². The molecule has 0 saturated carbocycles. The zero-order valence-corrected chi connectivity index (χ0v) is 17.7. The molecule has 0 amide bonds. The van der Waals surface area contributed by atoms with Crippen molar-refractivity contribution >= 4 is 5.57 Å². The number of allylic oxidation sites excluding steroid dienone is 1. The summed E-state index contributed by atoms with van der Waals surface area (Å²) in [5.74, 6) is 0. The number of benzene rings is 1. The monoisotopic (exact) mass is 360 g/mol. The second-order valence-electron chi connectivity index (χ2n) is 8.89.